The number of ether oxygens (including phenoxy) is 2. The van der Waals surface area contributed by atoms with Gasteiger partial charge in [-0.05, 0) is 6.07 Å². The van der Waals surface area contributed by atoms with E-state index in [0.717, 1.165) is 5.75 Å². The topological polar surface area (TPSA) is 18.5 Å². The van der Waals surface area contributed by atoms with Crippen LogP contribution in [0.25, 0.3) is 0 Å². The summed E-state index contributed by atoms with van der Waals surface area (Å²) in [5.74, 6) is 1.43. The summed E-state index contributed by atoms with van der Waals surface area (Å²) in [6.07, 6.45) is 0. The van der Waals surface area contributed by atoms with E-state index in [9.17, 15) is 0 Å². The molecule has 0 unspecified atom stereocenters. The first kappa shape index (κ1) is 6.53. The molecular weight excluding hydrogens is 140 g/mol. The van der Waals surface area contributed by atoms with Crippen LogP contribution in [0.4, 0.5) is 0 Å². The van der Waals surface area contributed by atoms with E-state index < -0.39 is 0 Å². The van der Waals surface area contributed by atoms with E-state index >= 15 is 0 Å². The van der Waals surface area contributed by atoms with Crippen LogP contribution in [0, 0.1) is 6.92 Å². The molecule has 0 amide bonds. The second-order valence-electron chi connectivity index (χ2n) is 2.37. The minimum Gasteiger partial charge on any atom is -0.486 e. The van der Waals surface area contributed by atoms with Gasteiger partial charge in [-0.1, -0.05) is 12.1 Å². The molecule has 11 heavy (non-hydrogen) atoms. The number of hydrogen-bond donors (Lipinski definition) is 0. The number of para-hydroxylation sites is 1. The summed E-state index contributed by atoms with van der Waals surface area (Å²) in [5, 5.41) is 0. The molecule has 2 radical (unpaired) electrons. The molecule has 2 heteroatoms. The molecule has 1 aromatic rings. The van der Waals surface area contributed by atoms with Gasteiger partial charge in [0, 0.05) is 12.5 Å². The van der Waals surface area contributed by atoms with E-state index in [4.69, 9.17) is 16.4 Å². The van der Waals surface area contributed by atoms with E-state index in [1.54, 1.807) is 6.07 Å². The molecule has 2 nitrogen and oxygen atoms in total. The van der Waals surface area contributed by atoms with Crippen LogP contribution >= 0.6 is 0 Å². The van der Waals surface area contributed by atoms with Crippen LogP contribution in [0.15, 0.2) is 18.2 Å². The first-order valence-corrected chi connectivity index (χ1v) is 3.52. The maximum Gasteiger partial charge on any atom is 0.164 e. The van der Waals surface area contributed by atoms with Gasteiger partial charge < -0.3 is 9.47 Å². The lowest BCUT2D eigenvalue weighted by molar-refractivity contribution is 0.171. The Bertz CT molecular complexity index is 268. The molecule has 1 aromatic carbocycles. The lowest BCUT2D eigenvalue weighted by atomic mass is 10.2. The molecule has 0 aliphatic carbocycles. The monoisotopic (exact) mass is 148 g/mol. The quantitative estimate of drug-likeness (QED) is 0.555. The third-order valence-electron chi connectivity index (χ3n) is 1.60. The van der Waals surface area contributed by atoms with Crippen molar-refractivity contribution in [3.05, 3.63) is 30.7 Å². The zero-order valence-electron chi connectivity index (χ0n) is 6.04. The fourth-order valence-corrected chi connectivity index (χ4v) is 1.10. The molecule has 0 spiro atoms. The van der Waals surface area contributed by atoms with E-state index in [-0.39, 0.29) is 0 Å². The molecule has 1 aliphatic rings. The molecule has 0 N–H and O–H groups in total. The average Bonchev–Trinajstić information content (AvgIpc) is 2.06. The average molecular weight is 148 g/mol. The molecular formula is C9H8O2. The third-order valence-corrected chi connectivity index (χ3v) is 1.60. The molecule has 1 heterocycles. The Morgan fingerprint density at radius 1 is 1.18 bits per heavy atom. The predicted octanol–water partition coefficient (Wildman–Crippen LogP) is 1.52. The number of fused-ring (bicyclic) bond motifs is 1. The third kappa shape index (κ3) is 1.04. The molecule has 2 rings (SSSR count). The fourth-order valence-electron chi connectivity index (χ4n) is 1.10. The van der Waals surface area contributed by atoms with Gasteiger partial charge in [0.25, 0.3) is 0 Å². The molecule has 0 aromatic heterocycles. The van der Waals surface area contributed by atoms with Crippen LogP contribution in [0.5, 0.6) is 11.5 Å². The van der Waals surface area contributed by atoms with Gasteiger partial charge in [-0.2, -0.15) is 0 Å². The van der Waals surface area contributed by atoms with Crippen molar-refractivity contribution in [1.82, 2.24) is 0 Å². The Morgan fingerprint density at radius 3 is 2.82 bits per heavy atom. The first-order valence-electron chi connectivity index (χ1n) is 3.52. The predicted molar refractivity (Wildman–Crippen MR) is 40.8 cm³/mol. The highest BCUT2D eigenvalue weighted by Gasteiger charge is 2.12. The van der Waals surface area contributed by atoms with Crippen LogP contribution in [0.3, 0.4) is 0 Å². The summed E-state index contributed by atoms with van der Waals surface area (Å²) in [6, 6.07) is 5.50. The van der Waals surface area contributed by atoms with Crippen molar-refractivity contribution in [3.63, 3.8) is 0 Å². The minimum atomic E-state index is 0.585. The van der Waals surface area contributed by atoms with Crippen LogP contribution in [-0.2, 0) is 0 Å². The number of rotatable bonds is 0. The van der Waals surface area contributed by atoms with Crippen molar-refractivity contribution < 1.29 is 9.47 Å². The van der Waals surface area contributed by atoms with Gasteiger partial charge in [0.1, 0.15) is 13.2 Å². The largest absolute Gasteiger partial charge is 0.486 e. The van der Waals surface area contributed by atoms with Crippen molar-refractivity contribution in [1.29, 1.82) is 0 Å². The highest BCUT2D eigenvalue weighted by Crippen LogP contribution is 2.32. The fraction of sp³-hybridized carbons (Fsp3) is 0.222. The molecule has 0 saturated carbocycles. The van der Waals surface area contributed by atoms with Crippen molar-refractivity contribution >= 4 is 0 Å². The summed E-state index contributed by atoms with van der Waals surface area (Å²) in [6.45, 7) is 6.83. The summed E-state index contributed by atoms with van der Waals surface area (Å²) in [7, 11) is 0. The van der Waals surface area contributed by atoms with E-state index in [1.165, 1.54) is 0 Å². The lowest BCUT2D eigenvalue weighted by Gasteiger charge is -2.19. The van der Waals surface area contributed by atoms with Crippen molar-refractivity contribution in [3.8, 4) is 11.5 Å². The van der Waals surface area contributed by atoms with Gasteiger partial charge in [-0.3, -0.25) is 0 Å². The van der Waals surface area contributed by atoms with Crippen molar-refractivity contribution in [2.45, 2.75) is 0 Å². The SMILES string of the molecule is [CH]c1cccc2c1OCCO2. The summed E-state index contributed by atoms with van der Waals surface area (Å²) in [4.78, 5) is 0. The Labute approximate surface area is 65.7 Å². The smallest absolute Gasteiger partial charge is 0.164 e. The zero-order chi connectivity index (χ0) is 7.68. The van der Waals surface area contributed by atoms with E-state index in [2.05, 4.69) is 0 Å². The van der Waals surface area contributed by atoms with Gasteiger partial charge >= 0.3 is 0 Å². The van der Waals surface area contributed by atoms with E-state index in [1.807, 2.05) is 12.1 Å². The molecule has 56 valence electrons. The Kier molecular flexibility index (Phi) is 1.46. The van der Waals surface area contributed by atoms with Gasteiger partial charge in [-0.25, -0.2) is 0 Å². The van der Waals surface area contributed by atoms with Crippen LogP contribution in [-0.4, -0.2) is 13.2 Å². The van der Waals surface area contributed by atoms with Crippen LogP contribution < -0.4 is 9.47 Å². The van der Waals surface area contributed by atoms with E-state index in [0.29, 0.717) is 24.5 Å². The number of benzene rings is 1. The van der Waals surface area contributed by atoms with Crippen LogP contribution in [0.2, 0.25) is 0 Å². The molecule has 1 aliphatic heterocycles. The Morgan fingerprint density at radius 2 is 2.00 bits per heavy atom. The summed E-state index contributed by atoms with van der Waals surface area (Å²) < 4.78 is 10.6. The van der Waals surface area contributed by atoms with Gasteiger partial charge in [0.2, 0.25) is 0 Å². The first-order chi connectivity index (χ1) is 5.38. The van der Waals surface area contributed by atoms with Gasteiger partial charge in [0.15, 0.2) is 11.5 Å². The van der Waals surface area contributed by atoms with Gasteiger partial charge in [0.05, 0.1) is 0 Å². The second kappa shape index (κ2) is 2.46. The Balaban J connectivity index is 2.49. The molecule has 0 fully saturated rings. The number of hydrogen-bond acceptors (Lipinski definition) is 2. The van der Waals surface area contributed by atoms with Crippen molar-refractivity contribution in [2.24, 2.45) is 0 Å². The Hall–Kier alpha value is -1.18. The molecule has 0 bridgehead atoms. The highest BCUT2D eigenvalue weighted by atomic mass is 16.6. The summed E-state index contributed by atoms with van der Waals surface area (Å²) >= 11 is 0. The van der Waals surface area contributed by atoms with Crippen LogP contribution in [0.1, 0.15) is 5.56 Å². The highest BCUT2D eigenvalue weighted by molar-refractivity contribution is 5.48. The zero-order valence-corrected chi connectivity index (χ0v) is 6.04. The molecule has 0 atom stereocenters. The standard InChI is InChI=1S/C9H8O2/c1-7-3-2-4-8-9(7)11-6-5-10-8/h1-4H,5-6H2. The summed E-state index contributed by atoms with van der Waals surface area (Å²) in [5.41, 5.74) is 0.641. The molecule has 0 saturated heterocycles. The normalized spacial score (nSPS) is 14.6. The van der Waals surface area contributed by atoms with Crippen molar-refractivity contribution in [2.75, 3.05) is 13.2 Å². The maximum absolute atomic E-state index is 5.64. The minimum absolute atomic E-state index is 0.585. The maximum atomic E-state index is 5.64. The lowest BCUT2D eigenvalue weighted by Crippen LogP contribution is -2.15. The second-order valence-corrected chi connectivity index (χ2v) is 2.37. The van der Waals surface area contributed by atoms with Gasteiger partial charge in [-0.15, -0.1) is 0 Å².